The normalized spacial score (nSPS) is 22.2. The van der Waals surface area contributed by atoms with Gasteiger partial charge >= 0.3 is 5.97 Å². The highest BCUT2D eigenvalue weighted by molar-refractivity contribution is 7.98. The van der Waals surface area contributed by atoms with Crippen LogP contribution in [0.3, 0.4) is 0 Å². The number of carboxylic acids is 1. The van der Waals surface area contributed by atoms with Gasteiger partial charge in [-0.1, -0.05) is 0 Å². The minimum Gasteiger partial charge on any atom is -0.481 e. The second-order valence-electron chi connectivity index (χ2n) is 4.61. The minimum absolute atomic E-state index is 0.349. The number of rotatable bonds is 7. The molecule has 1 N–H and O–H groups in total. The summed E-state index contributed by atoms with van der Waals surface area (Å²) >= 11 is 1.90. The molecule has 1 atom stereocenters. The first-order valence-electron chi connectivity index (χ1n) is 6.15. The summed E-state index contributed by atoms with van der Waals surface area (Å²) in [4.78, 5) is 13.1. The fourth-order valence-corrected chi connectivity index (χ4v) is 2.84. The average Bonchev–Trinajstić information content (AvgIpc) is 2.24. The van der Waals surface area contributed by atoms with E-state index in [0.29, 0.717) is 12.3 Å². The van der Waals surface area contributed by atoms with Crippen LogP contribution in [0.25, 0.3) is 0 Å². The van der Waals surface area contributed by atoms with Crippen LogP contribution in [0.2, 0.25) is 0 Å². The predicted octanol–water partition coefficient (Wildman–Crippen LogP) is 2.32. The van der Waals surface area contributed by atoms with Crippen molar-refractivity contribution < 1.29 is 9.90 Å². The molecule has 94 valence electrons. The summed E-state index contributed by atoms with van der Waals surface area (Å²) in [7, 11) is 0. The van der Waals surface area contributed by atoms with E-state index in [2.05, 4.69) is 11.2 Å². The molecule has 0 aromatic heterocycles. The van der Waals surface area contributed by atoms with Crippen molar-refractivity contribution in [2.24, 2.45) is 5.92 Å². The van der Waals surface area contributed by atoms with Gasteiger partial charge in [0.05, 0.1) is 0 Å². The summed E-state index contributed by atoms with van der Waals surface area (Å²) in [6.07, 6.45) is 7.28. The number of hydrogen-bond donors (Lipinski definition) is 1. The van der Waals surface area contributed by atoms with Crippen LogP contribution < -0.4 is 0 Å². The van der Waals surface area contributed by atoms with E-state index in [1.54, 1.807) is 0 Å². The fourth-order valence-electron chi connectivity index (χ4n) is 2.35. The second kappa shape index (κ2) is 7.96. The van der Waals surface area contributed by atoms with Crippen molar-refractivity contribution in [2.45, 2.75) is 32.1 Å². The quantitative estimate of drug-likeness (QED) is 0.699. The molecular weight excluding hydrogens is 222 g/mol. The molecule has 0 radical (unpaired) electrons. The van der Waals surface area contributed by atoms with Gasteiger partial charge in [0.15, 0.2) is 0 Å². The number of likely N-dealkylation sites (tertiary alicyclic amines) is 1. The standard InChI is InChI=1S/C12H23NO2S/c1-16-8-3-2-6-13-7-4-5-11(10-13)9-12(14)15/h11H,2-10H2,1H3,(H,14,15). The molecule has 0 aromatic rings. The molecule has 1 unspecified atom stereocenters. The van der Waals surface area contributed by atoms with Crippen LogP contribution in [0.1, 0.15) is 32.1 Å². The second-order valence-corrected chi connectivity index (χ2v) is 5.59. The van der Waals surface area contributed by atoms with Crippen molar-refractivity contribution in [1.29, 1.82) is 0 Å². The van der Waals surface area contributed by atoms with Crippen molar-refractivity contribution in [3.63, 3.8) is 0 Å². The number of carboxylic acid groups (broad SMARTS) is 1. The topological polar surface area (TPSA) is 40.5 Å². The van der Waals surface area contributed by atoms with Crippen LogP contribution >= 0.6 is 11.8 Å². The maximum atomic E-state index is 10.7. The monoisotopic (exact) mass is 245 g/mol. The van der Waals surface area contributed by atoms with Gasteiger partial charge in [-0.15, -0.1) is 0 Å². The fraction of sp³-hybridized carbons (Fsp3) is 0.917. The van der Waals surface area contributed by atoms with Crippen molar-refractivity contribution in [3.8, 4) is 0 Å². The third kappa shape index (κ3) is 5.75. The van der Waals surface area contributed by atoms with Crippen LogP contribution in [0.4, 0.5) is 0 Å². The first-order valence-corrected chi connectivity index (χ1v) is 7.55. The van der Waals surface area contributed by atoms with Crippen LogP contribution in [-0.2, 0) is 4.79 Å². The number of thioether (sulfide) groups is 1. The summed E-state index contributed by atoms with van der Waals surface area (Å²) in [6, 6.07) is 0. The third-order valence-corrected chi connectivity index (χ3v) is 3.84. The Bertz CT molecular complexity index is 211. The van der Waals surface area contributed by atoms with E-state index < -0.39 is 5.97 Å². The van der Waals surface area contributed by atoms with Gasteiger partial charge in [-0.2, -0.15) is 11.8 Å². The Kier molecular flexibility index (Phi) is 6.88. The Morgan fingerprint density at radius 2 is 2.31 bits per heavy atom. The Balaban J connectivity index is 2.14. The van der Waals surface area contributed by atoms with E-state index in [1.807, 2.05) is 11.8 Å². The predicted molar refractivity (Wildman–Crippen MR) is 69.0 cm³/mol. The molecule has 1 aliphatic rings. The van der Waals surface area contributed by atoms with Gasteiger partial charge in [-0.3, -0.25) is 4.79 Å². The molecule has 0 spiro atoms. The average molecular weight is 245 g/mol. The zero-order valence-electron chi connectivity index (χ0n) is 10.2. The zero-order chi connectivity index (χ0) is 11.8. The Hall–Kier alpha value is -0.220. The largest absolute Gasteiger partial charge is 0.481 e. The van der Waals surface area contributed by atoms with Gasteiger partial charge in [0.25, 0.3) is 0 Å². The summed E-state index contributed by atoms with van der Waals surface area (Å²) in [5, 5.41) is 8.78. The number of hydrogen-bond acceptors (Lipinski definition) is 3. The number of unbranched alkanes of at least 4 members (excludes halogenated alkanes) is 1. The molecule has 0 aliphatic carbocycles. The molecule has 4 heteroatoms. The highest BCUT2D eigenvalue weighted by Crippen LogP contribution is 2.19. The van der Waals surface area contributed by atoms with E-state index in [1.165, 1.54) is 25.0 Å². The van der Waals surface area contributed by atoms with E-state index in [9.17, 15) is 4.79 Å². The van der Waals surface area contributed by atoms with E-state index in [-0.39, 0.29) is 0 Å². The summed E-state index contributed by atoms with van der Waals surface area (Å²) < 4.78 is 0. The lowest BCUT2D eigenvalue weighted by Gasteiger charge is -2.31. The van der Waals surface area contributed by atoms with Crippen LogP contribution in [-0.4, -0.2) is 47.6 Å². The summed E-state index contributed by atoms with van der Waals surface area (Å²) in [5.74, 6) is 0.980. The lowest BCUT2D eigenvalue weighted by atomic mass is 9.95. The SMILES string of the molecule is CSCCCCN1CCCC(CC(=O)O)C1. The van der Waals surface area contributed by atoms with Gasteiger partial charge in [0, 0.05) is 13.0 Å². The lowest BCUT2D eigenvalue weighted by Crippen LogP contribution is -2.36. The van der Waals surface area contributed by atoms with Gasteiger partial charge < -0.3 is 10.0 Å². The summed E-state index contributed by atoms with van der Waals surface area (Å²) in [6.45, 7) is 3.30. The summed E-state index contributed by atoms with van der Waals surface area (Å²) in [5.41, 5.74) is 0. The molecule has 1 saturated heterocycles. The van der Waals surface area contributed by atoms with E-state index in [4.69, 9.17) is 5.11 Å². The van der Waals surface area contributed by atoms with Crippen molar-refractivity contribution in [2.75, 3.05) is 31.6 Å². The molecule has 1 aliphatic heterocycles. The van der Waals surface area contributed by atoms with Crippen molar-refractivity contribution in [1.82, 2.24) is 4.90 Å². The highest BCUT2D eigenvalue weighted by atomic mass is 32.2. The third-order valence-electron chi connectivity index (χ3n) is 3.14. The molecule has 1 fully saturated rings. The van der Waals surface area contributed by atoms with Gasteiger partial charge in [0.1, 0.15) is 0 Å². The number of nitrogens with zero attached hydrogens (tertiary/aromatic N) is 1. The molecule has 0 aromatic carbocycles. The number of piperidine rings is 1. The van der Waals surface area contributed by atoms with Crippen LogP contribution in [0.5, 0.6) is 0 Å². The molecule has 0 saturated carbocycles. The molecule has 1 rings (SSSR count). The smallest absolute Gasteiger partial charge is 0.303 e. The highest BCUT2D eigenvalue weighted by Gasteiger charge is 2.21. The molecule has 3 nitrogen and oxygen atoms in total. The van der Waals surface area contributed by atoms with Crippen LogP contribution in [0, 0.1) is 5.92 Å². The molecule has 1 heterocycles. The van der Waals surface area contributed by atoms with Crippen molar-refractivity contribution in [3.05, 3.63) is 0 Å². The van der Waals surface area contributed by atoms with Gasteiger partial charge in [0.2, 0.25) is 0 Å². The van der Waals surface area contributed by atoms with E-state index >= 15 is 0 Å². The Morgan fingerprint density at radius 3 is 3.00 bits per heavy atom. The Morgan fingerprint density at radius 1 is 1.50 bits per heavy atom. The zero-order valence-corrected chi connectivity index (χ0v) is 11.0. The first-order chi connectivity index (χ1) is 7.72. The Labute approximate surface area is 103 Å². The maximum absolute atomic E-state index is 10.7. The van der Waals surface area contributed by atoms with E-state index in [0.717, 1.165) is 26.1 Å². The maximum Gasteiger partial charge on any atom is 0.303 e. The molecule has 0 bridgehead atoms. The van der Waals surface area contributed by atoms with Gasteiger partial charge in [-0.25, -0.2) is 0 Å². The van der Waals surface area contributed by atoms with Crippen LogP contribution in [0.15, 0.2) is 0 Å². The molecule has 0 amide bonds. The molecule has 16 heavy (non-hydrogen) atoms. The number of carbonyl (C=O) groups is 1. The lowest BCUT2D eigenvalue weighted by molar-refractivity contribution is -0.138. The molecular formula is C12H23NO2S. The van der Waals surface area contributed by atoms with Gasteiger partial charge in [-0.05, 0) is 56.7 Å². The number of aliphatic carboxylic acids is 1. The first kappa shape index (κ1) is 13.8. The van der Waals surface area contributed by atoms with Crippen molar-refractivity contribution >= 4 is 17.7 Å². The minimum atomic E-state index is -0.644.